The van der Waals surface area contributed by atoms with Crippen molar-refractivity contribution in [1.82, 2.24) is 5.32 Å². The lowest BCUT2D eigenvalue weighted by atomic mass is 9.81. The summed E-state index contributed by atoms with van der Waals surface area (Å²) < 4.78 is 29.9. The summed E-state index contributed by atoms with van der Waals surface area (Å²) in [5, 5.41) is 3.43. The number of guanidine groups is 1. The molecule has 1 aromatic rings. The Morgan fingerprint density at radius 2 is 1.86 bits per heavy atom. The van der Waals surface area contributed by atoms with Crippen molar-refractivity contribution in [3.63, 3.8) is 0 Å². The number of para-hydroxylation sites is 1. The van der Waals surface area contributed by atoms with Gasteiger partial charge in [-0.15, -0.1) is 0 Å². The zero-order valence-corrected chi connectivity index (χ0v) is 18.4. The highest BCUT2D eigenvalue weighted by Gasteiger charge is 2.46. The van der Waals surface area contributed by atoms with Gasteiger partial charge >= 0.3 is 0 Å². The number of fused-ring (bicyclic) bond motifs is 2. The molecule has 2 fully saturated rings. The summed E-state index contributed by atoms with van der Waals surface area (Å²) in [6.45, 7) is 4.98. The standard InChI is InChI=1S/C22H33N3O3S/c1-3-23-20(24-16-22(29(2,26)27)12-14-28-15-13-22)25-17-21(10-6-7-11-21)18-8-4-5-9-19(18)25/h4-5,8-9H,3,6-7,10-17H2,1-2H3,(H,23,24). The van der Waals surface area contributed by atoms with E-state index in [0.29, 0.717) is 26.1 Å². The molecule has 1 saturated carbocycles. The Bertz CT molecular complexity index is 869. The van der Waals surface area contributed by atoms with E-state index in [-0.39, 0.29) is 12.0 Å². The lowest BCUT2D eigenvalue weighted by Crippen LogP contribution is -2.48. The molecule has 0 amide bonds. The monoisotopic (exact) mass is 419 g/mol. The van der Waals surface area contributed by atoms with Crippen LogP contribution in [0.1, 0.15) is 51.0 Å². The van der Waals surface area contributed by atoms with Crippen molar-refractivity contribution in [3.8, 4) is 0 Å². The van der Waals surface area contributed by atoms with E-state index in [0.717, 1.165) is 19.0 Å². The van der Waals surface area contributed by atoms with Crippen molar-refractivity contribution in [2.45, 2.75) is 55.6 Å². The molecule has 3 aliphatic rings. The minimum Gasteiger partial charge on any atom is -0.381 e. The fraction of sp³-hybridized carbons (Fsp3) is 0.682. The third kappa shape index (κ3) is 3.67. The Balaban J connectivity index is 1.67. The second-order valence-corrected chi connectivity index (χ2v) is 11.2. The van der Waals surface area contributed by atoms with Gasteiger partial charge in [0.15, 0.2) is 15.8 Å². The molecule has 0 radical (unpaired) electrons. The van der Waals surface area contributed by atoms with Gasteiger partial charge in [-0.2, -0.15) is 0 Å². The molecule has 1 N–H and O–H groups in total. The lowest BCUT2D eigenvalue weighted by Gasteiger charge is -2.34. The first-order chi connectivity index (χ1) is 13.9. The molecule has 0 atom stereocenters. The summed E-state index contributed by atoms with van der Waals surface area (Å²) in [5.74, 6) is 0.804. The zero-order valence-electron chi connectivity index (χ0n) is 17.6. The van der Waals surface area contributed by atoms with Gasteiger partial charge in [-0.05, 0) is 44.2 Å². The minimum atomic E-state index is -3.24. The molecule has 29 heavy (non-hydrogen) atoms. The molecule has 1 spiro atoms. The Hall–Kier alpha value is -1.60. The molecular weight excluding hydrogens is 386 g/mol. The first-order valence-corrected chi connectivity index (χ1v) is 12.7. The third-order valence-corrected chi connectivity index (χ3v) is 9.20. The molecule has 160 valence electrons. The van der Waals surface area contributed by atoms with Gasteiger partial charge in [-0.25, -0.2) is 8.42 Å². The van der Waals surface area contributed by atoms with E-state index in [1.807, 2.05) is 0 Å². The number of anilines is 1. The summed E-state index contributed by atoms with van der Waals surface area (Å²) in [6, 6.07) is 8.66. The first-order valence-electron chi connectivity index (χ1n) is 10.8. The number of aliphatic imine (C=N–C) groups is 1. The van der Waals surface area contributed by atoms with E-state index in [9.17, 15) is 8.42 Å². The summed E-state index contributed by atoms with van der Waals surface area (Å²) in [4.78, 5) is 7.20. The number of ether oxygens (including phenoxy) is 1. The molecule has 0 bridgehead atoms. The molecule has 4 rings (SSSR count). The number of rotatable bonds is 4. The molecule has 1 aromatic carbocycles. The van der Waals surface area contributed by atoms with Crippen LogP contribution >= 0.6 is 0 Å². The van der Waals surface area contributed by atoms with Gasteiger partial charge in [-0.3, -0.25) is 4.99 Å². The van der Waals surface area contributed by atoms with Gasteiger partial charge in [0.2, 0.25) is 0 Å². The molecule has 2 aliphatic heterocycles. The SMILES string of the molecule is CCNC(=NCC1(S(C)(=O)=O)CCOCC1)N1CC2(CCCC2)c2ccccc21. The number of hydrogen-bond donors (Lipinski definition) is 1. The largest absolute Gasteiger partial charge is 0.381 e. The molecule has 7 heteroatoms. The van der Waals surface area contributed by atoms with Crippen molar-refractivity contribution >= 4 is 21.5 Å². The van der Waals surface area contributed by atoms with Gasteiger partial charge in [-0.1, -0.05) is 31.0 Å². The number of benzene rings is 1. The number of nitrogens with zero attached hydrogens (tertiary/aromatic N) is 2. The van der Waals surface area contributed by atoms with Crippen LogP contribution in [0.4, 0.5) is 5.69 Å². The van der Waals surface area contributed by atoms with Crippen molar-refractivity contribution in [2.75, 3.05) is 44.0 Å². The Kier molecular flexibility index (Phi) is 5.64. The van der Waals surface area contributed by atoms with E-state index in [1.165, 1.54) is 43.2 Å². The Labute approximate surface area is 174 Å². The molecule has 0 aromatic heterocycles. The first kappa shape index (κ1) is 20.7. The summed E-state index contributed by atoms with van der Waals surface area (Å²) in [7, 11) is -3.24. The summed E-state index contributed by atoms with van der Waals surface area (Å²) in [5.41, 5.74) is 2.85. The third-order valence-electron chi connectivity index (χ3n) is 7.09. The maximum atomic E-state index is 12.6. The molecule has 1 aliphatic carbocycles. The van der Waals surface area contributed by atoms with Crippen LogP contribution in [0.3, 0.4) is 0 Å². The highest BCUT2D eigenvalue weighted by atomic mass is 32.2. The highest BCUT2D eigenvalue weighted by Crippen LogP contribution is 2.50. The maximum Gasteiger partial charge on any atom is 0.198 e. The summed E-state index contributed by atoms with van der Waals surface area (Å²) >= 11 is 0. The second-order valence-electron chi connectivity index (χ2n) is 8.83. The van der Waals surface area contributed by atoms with Crippen molar-refractivity contribution in [2.24, 2.45) is 4.99 Å². The number of hydrogen-bond acceptors (Lipinski definition) is 4. The fourth-order valence-corrected chi connectivity index (χ4v) is 6.51. The van der Waals surface area contributed by atoms with Crippen LogP contribution in [0.2, 0.25) is 0 Å². The van der Waals surface area contributed by atoms with Gasteiger partial charge in [0, 0.05) is 43.7 Å². The van der Waals surface area contributed by atoms with Crippen LogP contribution < -0.4 is 10.2 Å². The van der Waals surface area contributed by atoms with E-state index in [4.69, 9.17) is 9.73 Å². The van der Waals surface area contributed by atoms with E-state index < -0.39 is 14.6 Å². The molecular formula is C22H33N3O3S. The predicted octanol–water partition coefficient (Wildman–Crippen LogP) is 2.88. The van der Waals surface area contributed by atoms with E-state index >= 15 is 0 Å². The highest BCUT2D eigenvalue weighted by molar-refractivity contribution is 7.92. The topological polar surface area (TPSA) is 71.0 Å². The van der Waals surface area contributed by atoms with Crippen LogP contribution in [0.5, 0.6) is 0 Å². The number of sulfone groups is 1. The normalized spacial score (nSPS) is 23.4. The average Bonchev–Trinajstić information content (AvgIpc) is 3.31. The molecule has 1 saturated heterocycles. The average molecular weight is 420 g/mol. The second kappa shape index (κ2) is 7.91. The van der Waals surface area contributed by atoms with Crippen LogP contribution in [-0.2, 0) is 20.0 Å². The van der Waals surface area contributed by atoms with Gasteiger partial charge in [0.25, 0.3) is 0 Å². The van der Waals surface area contributed by atoms with Crippen LogP contribution in [0.25, 0.3) is 0 Å². The van der Waals surface area contributed by atoms with Gasteiger partial charge < -0.3 is 15.0 Å². The van der Waals surface area contributed by atoms with Crippen molar-refractivity contribution in [1.29, 1.82) is 0 Å². The Morgan fingerprint density at radius 3 is 2.52 bits per heavy atom. The van der Waals surface area contributed by atoms with Crippen molar-refractivity contribution < 1.29 is 13.2 Å². The van der Waals surface area contributed by atoms with E-state index in [1.54, 1.807) is 0 Å². The fourth-order valence-electron chi connectivity index (χ4n) is 5.30. The number of nitrogens with one attached hydrogen (secondary N) is 1. The smallest absolute Gasteiger partial charge is 0.198 e. The van der Waals surface area contributed by atoms with Crippen LogP contribution in [0.15, 0.2) is 29.3 Å². The summed E-state index contributed by atoms with van der Waals surface area (Å²) in [6.07, 6.45) is 7.33. The van der Waals surface area contributed by atoms with Crippen molar-refractivity contribution in [3.05, 3.63) is 29.8 Å². The van der Waals surface area contributed by atoms with E-state index in [2.05, 4.69) is 41.4 Å². The maximum absolute atomic E-state index is 12.6. The Morgan fingerprint density at radius 1 is 1.17 bits per heavy atom. The lowest BCUT2D eigenvalue weighted by molar-refractivity contribution is 0.0768. The predicted molar refractivity (Wildman–Crippen MR) is 118 cm³/mol. The van der Waals surface area contributed by atoms with Gasteiger partial charge in [0.1, 0.15) is 0 Å². The molecule has 6 nitrogen and oxygen atoms in total. The quantitative estimate of drug-likeness (QED) is 0.600. The van der Waals surface area contributed by atoms with Gasteiger partial charge in [0.05, 0.1) is 11.3 Å². The van der Waals surface area contributed by atoms with Crippen LogP contribution in [0, 0.1) is 0 Å². The molecule has 2 heterocycles. The minimum absolute atomic E-state index is 0.208. The van der Waals surface area contributed by atoms with Crippen LogP contribution in [-0.4, -0.2) is 58.2 Å². The molecule has 0 unspecified atom stereocenters. The zero-order chi connectivity index (χ0) is 20.5.